The van der Waals surface area contributed by atoms with Crippen LogP contribution in [0.4, 0.5) is 11.6 Å². The third-order valence-corrected chi connectivity index (χ3v) is 5.05. The van der Waals surface area contributed by atoms with E-state index < -0.39 is 0 Å². The predicted octanol–water partition coefficient (Wildman–Crippen LogP) is 1.70. The van der Waals surface area contributed by atoms with Crippen LogP contribution >= 0.6 is 0 Å². The van der Waals surface area contributed by atoms with Crippen molar-refractivity contribution in [1.29, 1.82) is 0 Å². The van der Waals surface area contributed by atoms with Crippen LogP contribution in [0.15, 0.2) is 24.5 Å². The lowest BCUT2D eigenvalue weighted by Crippen LogP contribution is -2.26. The van der Waals surface area contributed by atoms with Gasteiger partial charge in [-0.2, -0.15) is 10.1 Å². The summed E-state index contributed by atoms with van der Waals surface area (Å²) in [5, 5.41) is 11.3. The SMILES string of the molecule is COc1cc2c(cc1Nc1ncc3cnn(CCNC(C)=O)c3n1)CN(C)CC2. The number of carbonyl (C=O) groups is 1. The van der Waals surface area contributed by atoms with Crippen LogP contribution in [0.2, 0.25) is 0 Å². The number of hydrogen-bond acceptors (Lipinski definition) is 7. The number of benzene rings is 1. The zero-order chi connectivity index (χ0) is 20.4. The molecule has 9 heteroatoms. The van der Waals surface area contributed by atoms with Crippen molar-refractivity contribution in [2.75, 3.05) is 32.6 Å². The molecule has 2 aromatic heterocycles. The molecule has 1 amide bonds. The van der Waals surface area contributed by atoms with Crippen molar-refractivity contribution >= 4 is 28.6 Å². The Kier molecular flexibility index (Phi) is 5.30. The minimum absolute atomic E-state index is 0.0661. The molecule has 0 aliphatic carbocycles. The van der Waals surface area contributed by atoms with Gasteiger partial charge in [0.2, 0.25) is 11.9 Å². The quantitative estimate of drug-likeness (QED) is 0.656. The topological polar surface area (TPSA) is 97.2 Å². The van der Waals surface area contributed by atoms with Gasteiger partial charge < -0.3 is 20.3 Å². The van der Waals surface area contributed by atoms with Crippen molar-refractivity contribution in [1.82, 2.24) is 30.0 Å². The highest BCUT2D eigenvalue weighted by atomic mass is 16.5. The number of rotatable bonds is 6. The van der Waals surface area contributed by atoms with Gasteiger partial charge in [0.05, 0.1) is 30.9 Å². The number of hydrogen-bond donors (Lipinski definition) is 2. The Balaban J connectivity index is 1.60. The summed E-state index contributed by atoms with van der Waals surface area (Å²) >= 11 is 0. The minimum Gasteiger partial charge on any atom is -0.495 e. The smallest absolute Gasteiger partial charge is 0.229 e. The summed E-state index contributed by atoms with van der Waals surface area (Å²) in [7, 11) is 3.79. The maximum atomic E-state index is 11.1. The molecule has 1 aromatic carbocycles. The Bertz CT molecular complexity index is 1050. The van der Waals surface area contributed by atoms with Crippen LogP contribution in [0.1, 0.15) is 18.1 Å². The van der Waals surface area contributed by atoms with E-state index in [0.29, 0.717) is 24.7 Å². The summed E-state index contributed by atoms with van der Waals surface area (Å²) in [6.07, 6.45) is 4.48. The minimum atomic E-state index is -0.0661. The molecule has 0 atom stereocenters. The lowest BCUT2D eigenvalue weighted by atomic mass is 9.99. The second-order valence-electron chi connectivity index (χ2n) is 7.26. The Morgan fingerprint density at radius 1 is 1.28 bits per heavy atom. The van der Waals surface area contributed by atoms with Gasteiger partial charge >= 0.3 is 0 Å². The first kappa shape index (κ1) is 19.1. The van der Waals surface area contributed by atoms with E-state index >= 15 is 0 Å². The van der Waals surface area contributed by atoms with Crippen LogP contribution in [0, 0.1) is 0 Å². The number of methoxy groups -OCH3 is 1. The number of anilines is 2. The first-order valence-corrected chi connectivity index (χ1v) is 9.62. The standard InChI is InChI=1S/C20H25N7O2/c1-13(28)21-5-7-27-19-16(11-23-27)10-22-20(25-19)24-17-8-15-12-26(2)6-4-14(15)9-18(17)29-3/h8-11H,4-7,12H2,1-3H3,(H,21,28)(H,22,24,25). The van der Waals surface area contributed by atoms with Gasteiger partial charge in [-0.1, -0.05) is 0 Å². The van der Waals surface area contributed by atoms with Gasteiger partial charge in [0.1, 0.15) is 5.75 Å². The summed E-state index contributed by atoms with van der Waals surface area (Å²) in [6, 6.07) is 4.21. The number of carbonyl (C=O) groups excluding carboxylic acids is 1. The average molecular weight is 395 g/mol. The fraction of sp³-hybridized carbons (Fsp3) is 0.400. The van der Waals surface area contributed by atoms with Gasteiger partial charge in [0, 0.05) is 32.8 Å². The Hall–Kier alpha value is -3.20. The van der Waals surface area contributed by atoms with E-state index in [4.69, 9.17) is 4.74 Å². The molecule has 152 valence electrons. The largest absolute Gasteiger partial charge is 0.495 e. The van der Waals surface area contributed by atoms with E-state index in [0.717, 1.165) is 36.3 Å². The zero-order valence-corrected chi connectivity index (χ0v) is 16.9. The predicted molar refractivity (Wildman–Crippen MR) is 110 cm³/mol. The lowest BCUT2D eigenvalue weighted by Gasteiger charge is -2.26. The molecule has 9 nitrogen and oxygen atoms in total. The molecule has 0 fully saturated rings. The van der Waals surface area contributed by atoms with E-state index in [2.05, 4.69) is 49.8 Å². The molecule has 0 bridgehead atoms. The van der Waals surface area contributed by atoms with Crippen LogP contribution in [-0.4, -0.2) is 57.8 Å². The summed E-state index contributed by atoms with van der Waals surface area (Å²) in [6.45, 7) is 4.48. The maximum absolute atomic E-state index is 11.1. The Morgan fingerprint density at radius 2 is 2.14 bits per heavy atom. The summed E-state index contributed by atoms with van der Waals surface area (Å²) in [5.74, 6) is 1.18. The number of aromatic nitrogens is 4. The van der Waals surface area contributed by atoms with Crippen molar-refractivity contribution in [2.45, 2.75) is 26.4 Å². The van der Waals surface area contributed by atoms with E-state index in [1.807, 2.05) is 0 Å². The zero-order valence-electron chi connectivity index (χ0n) is 16.9. The summed E-state index contributed by atoms with van der Waals surface area (Å²) in [4.78, 5) is 22.4. The average Bonchev–Trinajstić information content (AvgIpc) is 3.09. The van der Waals surface area contributed by atoms with Crippen molar-refractivity contribution in [3.63, 3.8) is 0 Å². The summed E-state index contributed by atoms with van der Waals surface area (Å²) in [5.41, 5.74) is 4.15. The molecule has 0 saturated carbocycles. The monoisotopic (exact) mass is 395 g/mol. The fourth-order valence-electron chi connectivity index (χ4n) is 3.54. The molecular weight excluding hydrogens is 370 g/mol. The molecule has 1 aliphatic rings. The van der Waals surface area contributed by atoms with Gasteiger partial charge in [-0.3, -0.25) is 4.79 Å². The third-order valence-electron chi connectivity index (χ3n) is 5.05. The first-order valence-electron chi connectivity index (χ1n) is 9.62. The first-order chi connectivity index (χ1) is 14.0. The molecular formula is C20H25N7O2. The molecule has 1 aliphatic heterocycles. The molecule has 29 heavy (non-hydrogen) atoms. The van der Waals surface area contributed by atoms with Gasteiger partial charge in [-0.05, 0) is 36.7 Å². The molecule has 4 rings (SSSR count). The number of ether oxygens (including phenoxy) is 1. The maximum Gasteiger partial charge on any atom is 0.229 e. The van der Waals surface area contributed by atoms with Crippen molar-refractivity contribution in [3.05, 3.63) is 35.7 Å². The molecule has 3 heterocycles. The molecule has 0 saturated heterocycles. The fourth-order valence-corrected chi connectivity index (χ4v) is 3.54. The van der Waals surface area contributed by atoms with Gasteiger partial charge in [0.15, 0.2) is 5.65 Å². The molecule has 0 radical (unpaired) electrons. The third kappa shape index (κ3) is 4.14. The van der Waals surface area contributed by atoms with Crippen molar-refractivity contribution in [2.24, 2.45) is 0 Å². The van der Waals surface area contributed by atoms with E-state index in [1.54, 1.807) is 24.2 Å². The Morgan fingerprint density at radius 3 is 2.93 bits per heavy atom. The van der Waals surface area contributed by atoms with Crippen LogP contribution < -0.4 is 15.4 Å². The number of fused-ring (bicyclic) bond motifs is 2. The molecule has 2 N–H and O–H groups in total. The second-order valence-corrected chi connectivity index (χ2v) is 7.26. The second kappa shape index (κ2) is 8.04. The van der Waals surface area contributed by atoms with Crippen molar-refractivity contribution in [3.8, 4) is 5.75 Å². The lowest BCUT2D eigenvalue weighted by molar-refractivity contribution is -0.118. The highest BCUT2D eigenvalue weighted by Gasteiger charge is 2.17. The highest BCUT2D eigenvalue weighted by molar-refractivity contribution is 5.76. The van der Waals surface area contributed by atoms with Gasteiger partial charge in [-0.25, -0.2) is 9.67 Å². The van der Waals surface area contributed by atoms with Crippen LogP contribution in [0.25, 0.3) is 11.0 Å². The van der Waals surface area contributed by atoms with E-state index in [-0.39, 0.29) is 5.91 Å². The molecule has 0 spiro atoms. The van der Waals surface area contributed by atoms with Crippen LogP contribution in [-0.2, 0) is 24.3 Å². The normalized spacial score (nSPS) is 13.9. The Labute approximate surface area is 169 Å². The summed E-state index contributed by atoms with van der Waals surface area (Å²) < 4.78 is 7.35. The van der Waals surface area contributed by atoms with E-state index in [1.165, 1.54) is 18.1 Å². The highest BCUT2D eigenvalue weighted by Crippen LogP contribution is 2.33. The molecule has 3 aromatic rings. The number of likely N-dealkylation sites (N-methyl/N-ethyl adjacent to an activating group) is 1. The van der Waals surface area contributed by atoms with Crippen molar-refractivity contribution < 1.29 is 9.53 Å². The van der Waals surface area contributed by atoms with Gasteiger partial charge in [-0.15, -0.1) is 0 Å². The van der Waals surface area contributed by atoms with Crippen LogP contribution in [0.5, 0.6) is 5.75 Å². The number of nitrogens with zero attached hydrogens (tertiary/aromatic N) is 5. The molecule has 0 unspecified atom stereocenters. The van der Waals surface area contributed by atoms with Crippen LogP contribution in [0.3, 0.4) is 0 Å². The number of amides is 1. The van der Waals surface area contributed by atoms with E-state index in [9.17, 15) is 4.79 Å². The van der Waals surface area contributed by atoms with Gasteiger partial charge in [0.25, 0.3) is 0 Å². The number of nitrogens with one attached hydrogen (secondary N) is 2.